The van der Waals surface area contributed by atoms with Gasteiger partial charge in [-0.15, -0.1) is 0 Å². The van der Waals surface area contributed by atoms with Crippen LogP contribution in [0.5, 0.6) is 11.5 Å². The molecular formula is C26H22F4N4O2. The lowest BCUT2D eigenvalue weighted by Gasteiger charge is -2.36. The van der Waals surface area contributed by atoms with Crippen molar-refractivity contribution >= 4 is 23.2 Å². The predicted molar refractivity (Wildman–Crippen MR) is 127 cm³/mol. The minimum absolute atomic E-state index is 0.0833. The maximum Gasteiger partial charge on any atom is 0.416 e. The number of urea groups is 1. The third kappa shape index (κ3) is 4.84. The molecule has 0 saturated carbocycles. The van der Waals surface area contributed by atoms with E-state index in [0.29, 0.717) is 49.0 Å². The summed E-state index contributed by atoms with van der Waals surface area (Å²) in [6, 6.07) is 14.0. The zero-order valence-electron chi connectivity index (χ0n) is 19.3. The number of nitrogens with one attached hydrogen (secondary N) is 1. The van der Waals surface area contributed by atoms with Gasteiger partial charge in [0, 0.05) is 31.9 Å². The van der Waals surface area contributed by atoms with Crippen molar-refractivity contribution in [3.8, 4) is 11.5 Å². The molecule has 0 unspecified atom stereocenters. The molecule has 2 aliphatic rings. The number of carbonyl (C=O) groups excluding carboxylic acids is 1. The summed E-state index contributed by atoms with van der Waals surface area (Å²) in [5.41, 5.74) is 1.24. The maximum absolute atomic E-state index is 13.4. The number of rotatable bonds is 1. The largest absolute Gasteiger partial charge is 0.454 e. The summed E-state index contributed by atoms with van der Waals surface area (Å²) in [6.07, 6.45) is -4.51. The van der Waals surface area contributed by atoms with Gasteiger partial charge in [-0.25, -0.2) is 14.2 Å². The van der Waals surface area contributed by atoms with Crippen molar-refractivity contribution in [1.82, 2.24) is 9.80 Å². The average Bonchev–Trinajstić information content (AvgIpc) is 2.99. The molecule has 1 fully saturated rings. The summed E-state index contributed by atoms with van der Waals surface area (Å²) in [6.45, 7) is 3.40. The number of carbonyl (C=O) groups is 1. The Morgan fingerprint density at radius 2 is 1.72 bits per heavy atom. The molecule has 0 aliphatic carbocycles. The number of amidine groups is 1. The number of nitrogens with zero attached hydrogens (tertiary/aromatic N) is 3. The van der Waals surface area contributed by atoms with E-state index in [9.17, 15) is 22.4 Å². The Kier molecular flexibility index (Phi) is 6.03. The van der Waals surface area contributed by atoms with E-state index in [0.717, 1.165) is 17.7 Å². The number of fused-ring (bicyclic) bond motifs is 2. The first-order valence-electron chi connectivity index (χ1n) is 11.3. The fourth-order valence-electron chi connectivity index (χ4n) is 4.20. The normalized spacial score (nSPS) is 15.3. The van der Waals surface area contributed by atoms with Gasteiger partial charge in [-0.1, -0.05) is 17.7 Å². The number of alkyl halides is 3. The average molecular weight is 498 g/mol. The van der Waals surface area contributed by atoms with Crippen molar-refractivity contribution < 1.29 is 27.1 Å². The van der Waals surface area contributed by atoms with Crippen molar-refractivity contribution in [2.45, 2.75) is 13.1 Å². The van der Waals surface area contributed by atoms with Gasteiger partial charge in [-0.05, 0) is 55.5 Å². The number of hydrogen-bond donors (Lipinski definition) is 1. The quantitative estimate of drug-likeness (QED) is 0.408. The number of hydrogen-bond acceptors (Lipinski definition) is 4. The summed E-state index contributed by atoms with van der Waals surface area (Å²) in [5, 5.41) is 2.68. The molecule has 36 heavy (non-hydrogen) atoms. The topological polar surface area (TPSA) is 57.2 Å². The molecule has 0 spiro atoms. The van der Waals surface area contributed by atoms with Gasteiger partial charge in [0.15, 0.2) is 5.75 Å². The Hall–Kier alpha value is -4.08. The van der Waals surface area contributed by atoms with Gasteiger partial charge in [0.2, 0.25) is 0 Å². The minimum Gasteiger partial charge on any atom is -0.454 e. The van der Waals surface area contributed by atoms with E-state index in [1.807, 2.05) is 24.0 Å². The minimum atomic E-state index is -4.51. The molecule has 2 aliphatic heterocycles. The van der Waals surface area contributed by atoms with Crippen LogP contribution in [0.4, 0.5) is 33.7 Å². The summed E-state index contributed by atoms with van der Waals surface area (Å²) in [7, 11) is 0. The summed E-state index contributed by atoms with van der Waals surface area (Å²) in [4.78, 5) is 20.8. The van der Waals surface area contributed by atoms with E-state index in [1.54, 1.807) is 17.0 Å². The molecule has 0 bridgehead atoms. The highest BCUT2D eigenvalue weighted by molar-refractivity contribution is 6.04. The predicted octanol–water partition coefficient (Wildman–Crippen LogP) is 6.19. The van der Waals surface area contributed by atoms with Crippen LogP contribution in [0.1, 0.15) is 16.7 Å². The van der Waals surface area contributed by atoms with Crippen LogP contribution in [0.25, 0.3) is 0 Å². The van der Waals surface area contributed by atoms with Crippen LogP contribution in [0, 0.1) is 12.7 Å². The first kappa shape index (κ1) is 23.7. The van der Waals surface area contributed by atoms with Crippen LogP contribution in [0.3, 0.4) is 0 Å². The zero-order chi connectivity index (χ0) is 25.4. The van der Waals surface area contributed by atoms with E-state index in [2.05, 4.69) is 10.3 Å². The maximum atomic E-state index is 13.4. The number of anilines is 1. The molecule has 1 saturated heterocycles. The van der Waals surface area contributed by atoms with E-state index in [4.69, 9.17) is 4.74 Å². The Morgan fingerprint density at radius 1 is 0.972 bits per heavy atom. The molecule has 0 radical (unpaired) electrons. The van der Waals surface area contributed by atoms with Crippen LogP contribution in [0.2, 0.25) is 0 Å². The molecule has 3 aromatic carbocycles. The standard InChI is InChI=1S/C26H22F4N4O2/c1-16-5-7-22-20(13-16)24(32-21-14-17(26(28,29)30)6-8-23(21)36-22)33-9-11-34(12-10-33)25(35)31-19-4-2-3-18(27)15-19/h2-8,13-15H,9-12H2,1H3,(H,31,35). The molecule has 3 aromatic rings. The Bertz CT molecular complexity index is 1350. The van der Waals surface area contributed by atoms with Crippen LogP contribution in [-0.2, 0) is 6.18 Å². The lowest BCUT2D eigenvalue weighted by Crippen LogP contribution is -2.51. The van der Waals surface area contributed by atoms with Crippen LogP contribution < -0.4 is 10.1 Å². The summed E-state index contributed by atoms with van der Waals surface area (Å²) < 4.78 is 59.5. The SMILES string of the molecule is Cc1ccc2c(c1)C(N1CCN(C(=O)Nc3cccc(F)c3)CC1)=Nc1cc(C(F)(F)F)ccc1O2. The van der Waals surface area contributed by atoms with Gasteiger partial charge in [0.1, 0.15) is 23.1 Å². The Labute approximate surface area is 204 Å². The zero-order valence-corrected chi connectivity index (χ0v) is 19.3. The molecular weight excluding hydrogens is 476 g/mol. The van der Waals surface area contributed by atoms with E-state index < -0.39 is 17.6 Å². The highest BCUT2D eigenvalue weighted by Crippen LogP contribution is 2.42. The van der Waals surface area contributed by atoms with Crippen molar-refractivity contribution in [1.29, 1.82) is 0 Å². The van der Waals surface area contributed by atoms with Gasteiger partial charge in [-0.3, -0.25) is 0 Å². The van der Waals surface area contributed by atoms with Crippen LogP contribution >= 0.6 is 0 Å². The van der Waals surface area contributed by atoms with Gasteiger partial charge < -0.3 is 19.9 Å². The lowest BCUT2D eigenvalue weighted by atomic mass is 10.1. The number of piperazine rings is 1. The number of ether oxygens (including phenoxy) is 1. The van der Waals surface area contributed by atoms with E-state index in [-0.39, 0.29) is 17.5 Å². The van der Waals surface area contributed by atoms with E-state index >= 15 is 0 Å². The van der Waals surface area contributed by atoms with Crippen molar-refractivity contribution in [2.75, 3.05) is 31.5 Å². The van der Waals surface area contributed by atoms with Gasteiger partial charge in [0.25, 0.3) is 0 Å². The second-order valence-corrected chi connectivity index (χ2v) is 8.63. The molecule has 186 valence electrons. The fraction of sp³-hybridized carbons (Fsp3) is 0.231. The van der Waals surface area contributed by atoms with Crippen LogP contribution in [-0.4, -0.2) is 47.8 Å². The lowest BCUT2D eigenvalue weighted by molar-refractivity contribution is -0.137. The number of aliphatic imine (C=N–C) groups is 1. The number of aryl methyl sites for hydroxylation is 1. The molecule has 0 atom stereocenters. The van der Waals surface area contributed by atoms with Crippen molar-refractivity contribution in [2.24, 2.45) is 4.99 Å². The van der Waals surface area contributed by atoms with Gasteiger partial charge >= 0.3 is 12.2 Å². The van der Waals surface area contributed by atoms with Crippen molar-refractivity contribution in [3.63, 3.8) is 0 Å². The molecule has 2 amide bonds. The summed E-state index contributed by atoms with van der Waals surface area (Å²) in [5.74, 6) is 0.756. The number of benzene rings is 3. The molecule has 6 nitrogen and oxygen atoms in total. The highest BCUT2D eigenvalue weighted by atomic mass is 19.4. The van der Waals surface area contributed by atoms with Gasteiger partial charge in [0.05, 0.1) is 11.1 Å². The summed E-state index contributed by atoms with van der Waals surface area (Å²) >= 11 is 0. The highest BCUT2D eigenvalue weighted by Gasteiger charge is 2.33. The molecule has 10 heteroatoms. The molecule has 1 N–H and O–H groups in total. The Balaban J connectivity index is 1.41. The first-order valence-corrected chi connectivity index (χ1v) is 11.3. The third-order valence-corrected chi connectivity index (χ3v) is 6.05. The molecule has 0 aromatic heterocycles. The number of amides is 2. The van der Waals surface area contributed by atoms with Crippen molar-refractivity contribution in [3.05, 3.63) is 83.2 Å². The molecule has 5 rings (SSSR count). The molecule has 2 heterocycles. The first-order chi connectivity index (χ1) is 17.2. The fourth-order valence-corrected chi connectivity index (χ4v) is 4.20. The second kappa shape index (κ2) is 9.18. The Morgan fingerprint density at radius 3 is 2.44 bits per heavy atom. The smallest absolute Gasteiger partial charge is 0.416 e. The second-order valence-electron chi connectivity index (χ2n) is 8.63. The number of halogens is 4. The van der Waals surface area contributed by atoms with Gasteiger partial charge in [-0.2, -0.15) is 13.2 Å². The monoisotopic (exact) mass is 498 g/mol. The third-order valence-electron chi connectivity index (χ3n) is 6.05. The van der Waals surface area contributed by atoms with E-state index in [1.165, 1.54) is 24.3 Å². The van der Waals surface area contributed by atoms with Crippen LogP contribution in [0.15, 0.2) is 65.7 Å².